The van der Waals surface area contributed by atoms with E-state index < -0.39 is 0 Å². The van der Waals surface area contributed by atoms with Gasteiger partial charge in [0.2, 0.25) is 11.9 Å². The molecule has 0 unspecified atom stereocenters. The van der Waals surface area contributed by atoms with Crippen LogP contribution in [-0.2, 0) is 4.79 Å². The van der Waals surface area contributed by atoms with Crippen LogP contribution >= 0.6 is 27.5 Å². The van der Waals surface area contributed by atoms with Crippen molar-refractivity contribution in [2.24, 2.45) is 0 Å². The van der Waals surface area contributed by atoms with Crippen molar-refractivity contribution in [1.29, 1.82) is 0 Å². The van der Waals surface area contributed by atoms with Crippen LogP contribution < -0.4 is 10.6 Å². The number of hydrogen-bond donors (Lipinski definition) is 2. The van der Waals surface area contributed by atoms with Gasteiger partial charge in [-0.3, -0.25) is 14.6 Å². The molecule has 2 N–H and O–H groups in total. The zero-order valence-corrected chi connectivity index (χ0v) is 21.2. The summed E-state index contributed by atoms with van der Waals surface area (Å²) in [6, 6.07) is 10.8. The molecule has 1 aromatic carbocycles. The number of hydrogen-bond acceptors (Lipinski definition) is 6. The molecule has 2 aromatic heterocycles. The van der Waals surface area contributed by atoms with Gasteiger partial charge in [0, 0.05) is 59.7 Å². The van der Waals surface area contributed by atoms with E-state index >= 15 is 0 Å². The van der Waals surface area contributed by atoms with Crippen molar-refractivity contribution in [3.63, 3.8) is 0 Å². The van der Waals surface area contributed by atoms with Crippen LogP contribution in [0.15, 0.2) is 67.1 Å². The largest absolute Gasteiger partial charge is 0.351 e. The summed E-state index contributed by atoms with van der Waals surface area (Å²) < 4.78 is 0. The second-order valence-corrected chi connectivity index (χ2v) is 9.02. The van der Waals surface area contributed by atoms with Crippen LogP contribution in [0.2, 0.25) is 5.02 Å². The first-order valence-corrected chi connectivity index (χ1v) is 12.7. The van der Waals surface area contributed by atoms with Crippen molar-refractivity contribution in [3.05, 3.63) is 77.7 Å². The van der Waals surface area contributed by atoms with E-state index in [9.17, 15) is 9.59 Å². The zero-order chi connectivity index (χ0) is 24.6. The number of nitrogens with zero attached hydrogens (tertiary/aromatic N) is 4. The maximum absolute atomic E-state index is 12.9. The van der Waals surface area contributed by atoms with Crippen molar-refractivity contribution in [3.8, 4) is 11.3 Å². The van der Waals surface area contributed by atoms with Crippen LogP contribution in [0.25, 0.3) is 11.3 Å². The van der Waals surface area contributed by atoms with E-state index in [4.69, 9.17) is 11.6 Å². The molecule has 2 amide bonds. The van der Waals surface area contributed by atoms with E-state index in [0.717, 1.165) is 18.4 Å². The number of anilines is 2. The van der Waals surface area contributed by atoms with E-state index in [1.807, 2.05) is 17.0 Å². The fraction of sp³-hybridized carbons (Fsp3) is 0.240. The summed E-state index contributed by atoms with van der Waals surface area (Å²) >= 11 is 9.53. The van der Waals surface area contributed by atoms with Gasteiger partial charge in [-0.25, -0.2) is 9.97 Å². The van der Waals surface area contributed by atoms with Crippen LogP contribution in [0.1, 0.15) is 23.2 Å². The molecule has 4 rings (SSSR count). The molecule has 0 atom stereocenters. The van der Waals surface area contributed by atoms with Gasteiger partial charge < -0.3 is 15.5 Å². The molecular weight excluding hydrogens is 532 g/mol. The number of allylic oxidation sites excluding steroid dienone is 1. The molecule has 0 saturated carbocycles. The Bertz CT molecular complexity index is 1200. The Labute approximate surface area is 217 Å². The number of aromatic nitrogens is 3. The number of rotatable bonds is 7. The molecule has 1 fully saturated rings. The first-order chi connectivity index (χ1) is 17.0. The van der Waals surface area contributed by atoms with E-state index in [2.05, 4.69) is 41.5 Å². The number of pyridine rings is 1. The lowest BCUT2D eigenvalue weighted by Crippen LogP contribution is -2.42. The number of likely N-dealkylation sites (tertiary alicyclic amines) is 1. The van der Waals surface area contributed by atoms with Gasteiger partial charge in [0.25, 0.3) is 5.91 Å². The molecule has 0 aliphatic carbocycles. The smallest absolute Gasteiger partial charge is 0.253 e. The molecule has 8 nitrogen and oxygen atoms in total. The lowest BCUT2D eigenvalue weighted by atomic mass is 10.0. The number of benzene rings is 1. The fourth-order valence-corrected chi connectivity index (χ4v) is 4.15. The molecule has 1 aliphatic rings. The van der Waals surface area contributed by atoms with Gasteiger partial charge in [-0.2, -0.15) is 0 Å². The number of alkyl halides is 1. The lowest BCUT2D eigenvalue weighted by molar-refractivity contribution is -0.111. The summed E-state index contributed by atoms with van der Waals surface area (Å²) in [5, 5.41) is 7.21. The molecule has 1 aliphatic heterocycles. The monoisotopic (exact) mass is 554 g/mol. The molecule has 10 heteroatoms. The summed E-state index contributed by atoms with van der Waals surface area (Å²) in [4.78, 5) is 39.6. The molecule has 0 bridgehead atoms. The minimum absolute atomic E-state index is 0.0258. The van der Waals surface area contributed by atoms with Crippen molar-refractivity contribution < 1.29 is 9.59 Å². The van der Waals surface area contributed by atoms with Gasteiger partial charge in [0.15, 0.2) is 0 Å². The summed E-state index contributed by atoms with van der Waals surface area (Å²) in [7, 11) is 0. The quantitative estimate of drug-likeness (QED) is 0.321. The summed E-state index contributed by atoms with van der Waals surface area (Å²) in [5.41, 5.74) is 2.68. The van der Waals surface area contributed by atoms with Crippen LogP contribution in [0, 0.1) is 0 Å². The highest BCUT2D eigenvalue weighted by molar-refractivity contribution is 9.09. The SMILES string of the molecule is O=C(/C=C/CBr)Nc1ccc(C(=O)N2CCC(Nc3ncc(Cl)c(-c4cccnc4)n3)CC2)cc1. The van der Waals surface area contributed by atoms with E-state index in [1.165, 1.54) is 6.08 Å². The van der Waals surface area contributed by atoms with Crippen molar-refractivity contribution in [2.45, 2.75) is 18.9 Å². The summed E-state index contributed by atoms with van der Waals surface area (Å²) in [5.74, 6) is 0.263. The van der Waals surface area contributed by atoms with Crippen LogP contribution in [0.3, 0.4) is 0 Å². The second kappa shape index (κ2) is 11.9. The highest BCUT2D eigenvalue weighted by Crippen LogP contribution is 2.26. The Balaban J connectivity index is 1.31. The van der Waals surface area contributed by atoms with Crippen molar-refractivity contribution in [1.82, 2.24) is 19.9 Å². The topological polar surface area (TPSA) is 100 Å². The molecule has 0 radical (unpaired) electrons. The van der Waals surface area contributed by atoms with Gasteiger partial charge in [-0.1, -0.05) is 33.6 Å². The Kier molecular flexibility index (Phi) is 8.44. The Morgan fingerprint density at radius 2 is 1.91 bits per heavy atom. The molecular formula is C25H24BrClN6O2. The van der Waals surface area contributed by atoms with Crippen molar-refractivity contribution >= 4 is 51.0 Å². The molecule has 0 spiro atoms. The van der Waals surface area contributed by atoms with Crippen LogP contribution in [-0.4, -0.2) is 56.1 Å². The third-order valence-corrected chi connectivity index (χ3v) is 6.20. The molecule has 3 aromatic rings. The van der Waals surface area contributed by atoms with Gasteiger partial charge >= 0.3 is 0 Å². The third kappa shape index (κ3) is 6.64. The second-order valence-electron chi connectivity index (χ2n) is 7.97. The van der Waals surface area contributed by atoms with Gasteiger partial charge in [0.1, 0.15) is 0 Å². The van der Waals surface area contributed by atoms with Crippen LogP contribution in [0.4, 0.5) is 11.6 Å². The average Bonchev–Trinajstić information content (AvgIpc) is 2.89. The molecule has 180 valence electrons. The third-order valence-electron chi connectivity index (χ3n) is 5.55. The maximum Gasteiger partial charge on any atom is 0.253 e. The predicted molar refractivity (Wildman–Crippen MR) is 141 cm³/mol. The molecule has 3 heterocycles. The van der Waals surface area contributed by atoms with E-state index in [-0.39, 0.29) is 17.9 Å². The number of carbonyl (C=O) groups excluding carboxylic acids is 2. The Hall–Kier alpha value is -3.30. The highest BCUT2D eigenvalue weighted by atomic mass is 79.9. The zero-order valence-electron chi connectivity index (χ0n) is 18.8. The minimum Gasteiger partial charge on any atom is -0.351 e. The van der Waals surface area contributed by atoms with E-state index in [0.29, 0.717) is 46.3 Å². The van der Waals surface area contributed by atoms with Crippen LogP contribution in [0.5, 0.6) is 0 Å². The number of amides is 2. The number of halogens is 2. The Morgan fingerprint density at radius 1 is 1.14 bits per heavy atom. The van der Waals surface area contributed by atoms with E-state index in [1.54, 1.807) is 48.9 Å². The van der Waals surface area contributed by atoms with Gasteiger partial charge in [-0.15, -0.1) is 0 Å². The lowest BCUT2D eigenvalue weighted by Gasteiger charge is -2.32. The first-order valence-electron chi connectivity index (χ1n) is 11.2. The number of nitrogens with one attached hydrogen (secondary N) is 2. The fourth-order valence-electron chi connectivity index (χ4n) is 3.77. The first kappa shape index (κ1) is 24.8. The van der Waals surface area contributed by atoms with Gasteiger partial charge in [-0.05, 0) is 49.2 Å². The summed E-state index contributed by atoms with van der Waals surface area (Å²) in [6.45, 7) is 1.24. The summed E-state index contributed by atoms with van der Waals surface area (Å²) in [6.07, 6.45) is 9.71. The number of piperidine rings is 1. The maximum atomic E-state index is 12.9. The Morgan fingerprint density at radius 3 is 2.60 bits per heavy atom. The normalized spacial score (nSPS) is 14.2. The average molecular weight is 556 g/mol. The standard InChI is InChI=1S/C25H24BrClN6O2/c26-11-1-4-22(34)30-19-7-5-17(6-8-19)24(35)33-13-9-20(10-14-33)31-25-29-16-21(27)23(32-25)18-3-2-12-28-15-18/h1-8,12,15-16,20H,9-11,13-14H2,(H,30,34)(H,29,31,32)/b4-1+. The minimum atomic E-state index is -0.213. The van der Waals surface area contributed by atoms with Crippen molar-refractivity contribution in [2.75, 3.05) is 29.1 Å². The highest BCUT2D eigenvalue weighted by Gasteiger charge is 2.24. The predicted octanol–water partition coefficient (Wildman–Crippen LogP) is 4.80. The van der Waals surface area contributed by atoms with Gasteiger partial charge in [0.05, 0.1) is 16.9 Å². The molecule has 35 heavy (non-hydrogen) atoms. The molecule has 1 saturated heterocycles. The number of carbonyl (C=O) groups is 2.